The van der Waals surface area contributed by atoms with Crippen LogP contribution in [0.25, 0.3) is 0 Å². The van der Waals surface area contributed by atoms with E-state index in [1.165, 1.54) is 18.3 Å². The summed E-state index contributed by atoms with van der Waals surface area (Å²) < 4.78 is 0. The molecule has 0 spiro atoms. The maximum absolute atomic E-state index is 12.1. The number of anilines is 1. The molecule has 0 aliphatic heterocycles. The van der Waals surface area contributed by atoms with Crippen molar-refractivity contribution in [2.75, 3.05) is 5.32 Å². The van der Waals surface area contributed by atoms with E-state index in [1.54, 1.807) is 17.8 Å². The molecule has 2 aromatic heterocycles. The lowest BCUT2D eigenvalue weighted by Gasteiger charge is -2.13. The third-order valence-corrected chi connectivity index (χ3v) is 3.34. The van der Waals surface area contributed by atoms with Crippen LogP contribution in [0.3, 0.4) is 0 Å². The molecule has 0 bridgehead atoms. The Morgan fingerprint density at radius 1 is 1.50 bits per heavy atom. The van der Waals surface area contributed by atoms with Gasteiger partial charge in [0.15, 0.2) is 5.13 Å². The Bertz CT molecular complexity index is 593. The summed E-state index contributed by atoms with van der Waals surface area (Å²) in [4.78, 5) is 34.2. The summed E-state index contributed by atoms with van der Waals surface area (Å²) in [5.41, 5.74) is 0.281. The van der Waals surface area contributed by atoms with Gasteiger partial charge in [-0.2, -0.15) is 0 Å². The fourth-order valence-corrected chi connectivity index (χ4v) is 2.39. The first-order valence-electron chi connectivity index (χ1n) is 6.13. The van der Waals surface area contributed by atoms with Crippen LogP contribution in [0, 0.1) is 0 Å². The molecule has 8 heteroatoms. The first kappa shape index (κ1) is 14.2. The van der Waals surface area contributed by atoms with E-state index >= 15 is 0 Å². The summed E-state index contributed by atoms with van der Waals surface area (Å²) in [6.45, 7) is 3.35. The minimum absolute atomic E-state index is 0.191. The quantitative estimate of drug-likeness (QED) is 0.781. The zero-order chi connectivity index (χ0) is 14.5. The van der Waals surface area contributed by atoms with E-state index in [-0.39, 0.29) is 23.6 Å². The second-order valence-corrected chi connectivity index (χ2v) is 4.99. The fraction of sp³-hybridized carbons (Fsp3) is 0.333. The second-order valence-electron chi connectivity index (χ2n) is 4.13. The van der Waals surface area contributed by atoms with E-state index in [0.717, 1.165) is 0 Å². The van der Waals surface area contributed by atoms with E-state index in [4.69, 9.17) is 0 Å². The van der Waals surface area contributed by atoms with Crippen LogP contribution in [-0.2, 0) is 4.79 Å². The normalized spacial score (nSPS) is 11.9. The fourth-order valence-electron chi connectivity index (χ4n) is 1.65. The van der Waals surface area contributed by atoms with Crippen LogP contribution < -0.4 is 10.6 Å². The number of imidazole rings is 1. The maximum Gasteiger partial charge on any atom is 0.271 e. The first-order valence-corrected chi connectivity index (χ1v) is 7.01. The van der Waals surface area contributed by atoms with Gasteiger partial charge in [0.25, 0.3) is 5.91 Å². The molecule has 0 aromatic carbocycles. The molecule has 0 fully saturated rings. The molecule has 2 rings (SSSR count). The zero-order valence-electron chi connectivity index (χ0n) is 11.1. The highest BCUT2D eigenvalue weighted by atomic mass is 32.1. The molecule has 2 heterocycles. The van der Waals surface area contributed by atoms with Gasteiger partial charge in [-0.05, 0) is 6.42 Å². The van der Waals surface area contributed by atoms with Gasteiger partial charge in [-0.1, -0.05) is 6.92 Å². The number of thiazole rings is 1. The van der Waals surface area contributed by atoms with Crippen LogP contribution in [0.1, 0.15) is 42.6 Å². The van der Waals surface area contributed by atoms with Crippen molar-refractivity contribution in [2.24, 2.45) is 0 Å². The number of carbonyl (C=O) groups is 2. The largest absolute Gasteiger partial charge is 0.347 e. The van der Waals surface area contributed by atoms with E-state index in [0.29, 0.717) is 17.4 Å². The topological polar surface area (TPSA) is 99.8 Å². The monoisotopic (exact) mass is 293 g/mol. The smallest absolute Gasteiger partial charge is 0.271 e. The van der Waals surface area contributed by atoms with Crippen molar-refractivity contribution in [1.82, 2.24) is 20.3 Å². The number of nitrogens with zero attached hydrogens (tertiary/aromatic N) is 2. The highest BCUT2D eigenvalue weighted by molar-refractivity contribution is 7.14. The number of amides is 2. The second kappa shape index (κ2) is 6.29. The van der Waals surface area contributed by atoms with Crippen LogP contribution in [-0.4, -0.2) is 26.8 Å². The molecule has 2 amide bonds. The van der Waals surface area contributed by atoms with Crippen LogP contribution in [0.5, 0.6) is 0 Å². The van der Waals surface area contributed by atoms with E-state index < -0.39 is 0 Å². The van der Waals surface area contributed by atoms with Gasteiger partial charge < -0.3 is 15.6 Å². The number of nitrogens with one attached hydrogen (secondary N) is 3. The van der Waals surface area contributed by atoms with Crippen molar-refractivity contribution < 1.29 is 9.59 Å². The van der Waals surface area contributed by atoms with E-state index in [2.05, 4.69) is 25.6 Å². The molecule has 0 radical (unpaired) electrons. The molecule has 0 aliphatic rings. The summed E-state index contributed by atoms with van der Waals surface area (Å²) in [5, 5.41) is 7.41. The van der Waals surface area contributed by atoms with Crippen molar-refractivity contribution in [3.05, 3.63) is 29.3 Å². The first-order chi connectivity index (χ1) is 9.60. The number of H-pyrrole nitrogens is 1. The van der Waals surface area contributed by atoms with Gasteiger partial charge in [-0.15, -0.1) is 11.3 Å². The molecule has 106 valence electrons. The van der Waals surface area contributed by atoms with Crippen molar-refractivity contribution in [2.45, 2.75) is 26.3 Å². The van der Waals surface area contributed by atoms with Gasteiger partial charge in [-0.3, -0.25) is 9.59 Å². The van der Waals surface area contributed by atoms with E-state index in [1.807, 2.05) is 6.92 Å². The Kier molecular flexibility index (Phi) is 4.46. The standard InChI is InChI=1S/C12H15N5O2S/c1-3-8(10-13-4-5-14-10)16-11(19)9-6-20-12(17-9)15-7(2)18/h4-6,8H,3H2,1-2H3,(H,13,14)(H,16,19)(H,15,17,18). The number of aromatic amines is 1. The number of aromatic nitrogens is 3. The minimum atomic E-state index is -0.291. The molecule has 0 saturated carbocycles. The van der Waals surface area contributed by atoms with Gasteiger partial charge >= 0.3 is 0 Å². The Morgan fingerprint density at radius 2 is 2.30 bits per heavy atom. The molecule has 2 aromatic rings. The molecule has 1 atom stereocenters. The summed E-state index contributed by atoms with van der Waals surface area (Å²) in [6.07, 6.45) is 4.06. The number of rotatable bonds is 5. The number of hydrogen-bond donors (Lipinski definition) is 3. The summed E-state index contributed by atoms with van der Waals surface area (Å²) in [7, 11) is 0. The molecular weight excluding hydrogens is 278 g/mol. The average Bonchev–Trinajstić information content (AvgIpc) is 3.05. The lowest BCUT2D eigenvalue weighted by molar-refractivity contribution is -0.114. The van der Waals surface area contributed by atoms with Crippen molar-refractivity contribution in [3.8, 4) is 0 Å². The zero-order valence-corrected chi connectivity index (χ0v) is 12.0. The predicted octanol–water partition coefficient (Wildman–Crippen LogP) is 1.71. The van der Waals surface area contributed by atoms with Gasteiger partial charge in [0.1, 0.15) is 11.5 Å². The van der Waals surface area contributed by atoms with Gasteiger partial charge in [0.05, 0.1) is 6.04 Å². The van der Waals surface area contributed by atoms with Crippen molar-refractivity contribution in [3.63, 3.8) is 0 Å². The van der Waals surface area contributed by atoms with Crippen LogP contribution in [0.15, 0.2) is 17.8 Å². The number of carbonyl (C=O) groups excluding carboxylic acids is 2. The Balaban J connectivity index is 2.03. The molecular formula is C12H15N5O2S. The molecule has 0 saturated heterocycles. The Labute approximate surface area is 119 Å². The van der Waals surface area contributed by atoms with Crippen molar-refractivity contribution >= 4 is 28.3 Å². The SMILES string of the molecule is CCC(NC(=O)c1csc(NC(C)=O)n1)c1ncc[nH]1. The maximum atomic E-state index is 12.1. The molecule has 3 N–H and O–H groups in total. The van der Waals surface area contributed by atoms with Crippen molar-refractivity contribution in [1.29, 1.82) is 0 Å². The van der Waals surface area contributed by atoms with E-state index in [9.17, 15) is 9.59 Å². The van der Waals surface area contributed by atoms with Crippen LogP contribution in [0.4, 0.5) is 5.13 Å². The number of hydrogen-bond acceptors (Lipinski definition) is 5. The molecule has 20 heavy (non-hydrogen) atoms. The predicted molar refractivity (Wildman–Crippen MR) is 75.5 cm³/mol. The van der Waals surface area contributed by atoms with Gasteiger partial charge in [0.2, 0.25) is 5.91 Å². The summed E-state index contributed by atoms with van der Waals surface area (Å²) >= 11 is 1.21. The lowest BCUT2D eigenvalue weighted by atomic mass is 10.2. The van der Waals surface area contributed by atoms with Crippen LogP contribution in [0.2, 0.25) is 0 Å². The molecule has 7 nitrogen and oxygen atoms in total. The molecule has 1 unspecified atom stereocenters. The van der Waals surface area contributed by atoms with Gasteiger partial charge in [-0.25, -0.2) is 9.97 Å². The Hall–Kier alpha value is -2.22. The highest BCUT2D eigenvalue weighted by Gasteiger charge is 2.18. The van der Waals surface area contributed by atoms with Gasteiger partial charge in [0, 0.05) is 24.7 Å². The average molecular weight is 293 g/mol. The summed E-state index contributed by atoms with van der Waals surface area (Å²) in [5.74, 6) is 0.201. The highest BCUT2D eigenvalue weighted by Crippen LogP contribution is 2.17. The summed E-state index contributed by atoms with van der Waals surface area (Å²) in [6, 6.07) is -0.191. The Morgan fingerprint density at radius 3 is 2.90 bits per heavy atom. The third kappa shape index (κ3) is 3.41. The van der Waals surface area contributed by atoms with Crippen LogP contribution >= 0.6 is 11.3 Å². The third-order valence-electron chi connectivity index (χ3n) is 2.58. The lowest BCUT2D eigenvalue weighted by Crippen LogP contribution is -2.29. The minimum Gasteiger partial charge on any atom is -0.347 e. The molecule has 0 aliphatic carbocycles.